The van der Waals surface area contributed by atoms with Crippen molar-refractivity contribution in [2.24, 2.45) is 0 Å². The van der Waals surface area contributed by atoms with E-state index in [1.54, 1.807) is 151 Å². The molecule has 2 aromatic heterocycles. The van der Waals surface area contributed by atoms with Gasteiger partial charge in [0, 0.05) is 214 Å². The van der Waals surface area contributed by atoms with Crippen LogP contribution in [0.3, 0.4) is 0 Å². The van der Waals surface area contributed by atoms with Gasteiger partial charge in [-0.15, -0.1) is 0 Å². The highest BCUT2D eigenvalue weighted by Gasteiger charge is 2.22. The predicted octanol–water partition coefficient (Wildman–Crippen LogP) is 3.44. The number of aryl methyl sites for hydroxylation is 1. The van der Waals surface area contributed by atoms with Crippen LogP contribution in [0.4, 0.5) is 0 Å². The van der Waals surface area contributed by atoms with Crippen molar-refractivity contribution in [3.63, 3.8) is 0 Å². The van der Waals surface area contributed by atoms with Crippen molar-refractivity contribution < 1.29 is 0 Å². The van der Waals surface area contributed by atoms with Crippen LogP contribution in [0.15, 0.2) is 30.5 Å². The highest BCUT2D eigenvalue weighted by Crippen LogP contribution is 2.27. The third kappa shape index (κ3) is 15.5. The van der Waals surface area contributed by atoms with Crippen molar-refractivity contribution in [3.8, 4) is 0 Å². The van der Waals surface area contributed by atoms with E-state index in [0.29, 0.717) is 0 Å². The quantitative estimate of drug-likeness (QED) is 0.347. The van der Waals surface area contributed by atoms with Crippen LogP contribution in [0.5, 0.6) is 0 Å². The summed E-state index contributed by atoms with van der Waals surface area (Å²) in [5.41, 5.74) is 3.14. The number of aromatic nitrogens is 3. The normalized spacial score (nSPS) is 9.74. The largest absolute Gasteiger partial charge is 0.284 e. The van der Waals surface area contributed by atoms with E-state index in [9.17, 15) is 0 Å². The fourth-order valence-electron chi connectivity index (χ4n) is 2.51. The highest BCUT2D eigenvalue weighted by molar-refractivity contribution is 8.78. The molecular weight excluding hydrogens is 896 g/mol. The monoisotopic (exact) mass is 911 g/mol. The number of rotatable bonds is 0. The van der Waals surface area contributed by atoms with Gasteiger partial charge in [-0.1, -0.05) is 32.9 Å². The van der Waals surface area contributed by atoms with Crippen molar-refractivity contribution in [3.05, 3.63) is 42.0 Å². The molecule has 0 fully saturated rings. The topological polar surface area (TPSA) is 30.2 Å². The Labute approximate surface area is 291 Å². The van der Waals surface area contributed by atoms with Crippen LogP contribution < -0.4 is 0 Å². The molecular formula is C15H17N3S21. The molecule has 0 radical (unpaired) electrons. The summed E-state index contributed by atoms with van der Waals surface area (Å²) >= 11 is 9.52. The first-order chi connectivity index (χ1) is 18.9. The lowest BCUT2D eigenvalue weighted by molar-refractivity contribution is 0.537. The van der Waals surface area contributed by atoms with Crippen LogP contribution in [0, 0.1) is 6.92 Å². The summed E-state index contributed by atoms with van der Waals surface area (Å²) in [6.45, 7) is 8.63. The molecule has 2 heterocycles. The highest BCUT2D eigenvalue weighted by atomic mass is 33.5. The van der Waals surface area contributed by atoms with Gasteiger partial charge in [-0.3, -0.25) is 4.40 Å². The van der Waals surface area contributed by atoms with E-state index in [4.69, 9.17) is 27.4 Å². The second-order valence-corrected chi connectivity index (χ2v) is 40.7. The molecule has 3 rings (SSSR count). The molecule has 0 saturated heterocycles. The number of fused-ring (bicyclic) bond motifs is 3. The van der Waals surface area contributed by atoms with Crippen molar-refractivity contribution in [2.45, 2.75) is 33.1 Å². The maximum Gasteiger partial charge on any atom is 0.147 e. The minimum atomic E-state index is -0.00621. The average molecular weight is 913 g/mol. The zero-order chi connectivity index (χ0) is 28.3. The van der Waals surface area contributed by atoms with Gasteiger partial charge < -0.3 is 0 Å². The second-order valence-electron chi connectivity index (χ2n) is 7.05. The molecule has 0 aliphatic carbocycles. The van der Waals surface area contributed by atoms with E-state index in [1.165, 1.54) is 17.8 Å². The van der Waals surface area contributed by atoms with E-state index < -0.39 is 0 Å². The number of nitrogens with zero attached hydrogens (tertiary/aromatic N) is 3. The predicted molar refractivity (Wildman–Crippen MR) is 229 cm³/mol. The third-order valence-electron chi connectivity index (χ3n) is 3.69. The summed E-state index contributed by atoms with van der Waals surface area (Å²) in [7, 11) is 32.6. The lowest BCUT2D eigenvalue weighted by Gasteiger charge is -2.21. The lowest BCUT2D eigenvalue weighted by Crippen LogP contribution is -2.19. The Morgan fingerprint density at radius 1 is 0.641 bits per heavy atom. The van der Waals surface area contributed by atoms with Gasteiger partial charge in [0.15, 0.2) is 0 Å². The fraction of sp³-hybridized carbons (Fsp3) is 0.333. The summed E-state index contributed by atoms with van der Waals surface area (Å²) in [5, 5.41) is 1.11. The molecule has 3 nitrogen and oxygen atoms in total. The van der Waals surface area contributed by atoms with Crippen molar-refractivity contribution >= 4 is 208 Å². The van der Waals surface area contributed by atoms with Gasteiger partial charge in [-0.2, -0.15) is 0 Å². The number of hydrogen-bond acceptors (Lipinski definition) is 4. The standard InChI is InChI=1S/C15H17N3.S21/c1-10-9-16-13-11-7-5-6-8-12(11)17-14(18(10)13)15(2,3)4;1-3-5-7-9-11-13-15-17-19-21-20-18-16-14-12-10-8-6-4-2/h5-9H,1-4H3;. The minimum Gasteiger partial charge on any atom is -0.284 e. The number of benzene rings is 1. The van der Waals surface area contributed by atoms with Gasteiger partial charge in [0.1, 0.15) is 11.5 Å². The molecule has 0 spiro atoms. The summed E-state index contributed by atoms with van der Waals surface area (Å²) < 4.78 is 2.17. The van der Waals surface area contributed by atoms with Crippen LogP contribution in [0.25, 0.3) is 16.6 Å². The van der Waals surface area contributed by atoms with Crippen LogP contribution in [0.1, 0.15) is 32.3 Å². The Hall–Kier alpha value is 2.72. The van der Waals surface area contributed by atoms with E-state index in [-0.39, 0.29) is 5.41 Å². The number of imidazole rings is 1. The average Bonchev–Trinajstić information content (AvgIpc) is 3.31. The molecule has 1 aromatic carbocycles. The summed E-state index contributed by atoms with van der Waals surface area (Å²) in [6.07, 6.45) is 1.92. The Morgan fingerprint density at radius 3 is 1.46 bits per heavy atom. The van der Waals surface area contributed by atoms with Crippen LogP contribution in [-0.4, -0.2) is 14.4 Å². The van der Waals surface area contributed by atoms with Crippen molar-refractivity contribution in [1.29, 1.82) is 0 Å². The third-order valence-corrected chi connectivity index (χ3v) is 43.7. The first kappa shape index (κ1) is 37.9. The molecule has 0 atom stereocenters. The molecule has 0 aliphatic heterocycles. The van der Waals surface area contributed by atoms with Gasteiger partial charge in [-0.25, -0.2) is 9.97 Å². The van der Waals surface area contributed by atoms with Gasteiger partial charge in [-0.05, 0) is 19.1 Å². The molecule has 0 bridgehead atoms. The summed E-state index contributed by atoms with van der Waals surface area (Å²) in [6, 6.07) is 8.18. The molecule has 0 amide bonds. The maximum absolute atomic E-state index is 4.83. The maximum atomic E-state index is 4.83. The summed E-state index contributed by atoms with van der Waals surface area (Å²) in [5.74, 6) is 1.06. The zero-order valence-corrected chi connectivity index (χ0v) is 36.9. The molecule has 3 aromatic rings. The smallest absolute Gasteiger partial charge is 0.147 e. The van der Waals surface area contributed by atoms with Crippen LogP contribution in [-0.2, 0) is 197 Å². The molecule has 0 N–H and O–H groups in total. The fourth-order valence-corrected chi connectivity index (χ4v) is 49.2. The zero-order valence-electron chi connectivity index (χ0n) is 19.8. The van der Waals surface area contributed by atoms with E-state index in [1.807, 2.05) is 18.3 Å². The van der Waals surface area contributed by atoms with Gasteiger partial charge >= 0.3 is 0 Å². The van der Waals surface area contributed by atoms with Crippen molar-refractivity contribution in [2.75, 3.05) is 0 Å². The first-order valence-corrected chi connectivity index (χ1v) is 36.2. The minimum absolute atomic E-state index is 0.00621. The van der Waals surface area contributed by atoms with Crippen molar-refractivity contribution in [1.82, 2.24) is 14.4 Å². The number of hydrogen-bond donors (Lipinski definition) is 0. The number of para-hydroxylation sites is 1. The van der Waals surface area contributed by atoms with Crippen LogP contribution >= 0.6 is 0 Å². The van der Waals surface area contributed by atoms with E-state index in [0.717, 1.165) is 28.1 Å². The van der Waals surface area contributed by atoms with Gasteiger partial charge in [0.05, 0.1) is 5.52 Å². The van der Waals surface area contributed by atoms with Gasteiger partial charge in [0.2, 0.25) is 0 Å². The molecule has 218 valence electrons. The SMILES string of the molecule is Cc1cnc2c3ccccc3nc(C(C)(C)C)n12.S=S=S=S=S=S=S=S=S=S=S=S=S=S=S=S=S=S=S=S=S. The molecule has 0 saturated carbocycles. The van der Waals surface area contributed by atoms with Crippen LogP contribution in [0.2, 0.25) is 0 Å². The van der Waals surface area contributed by atoms with E-state index in [2.05, 4.69) is 49.2 Å². The molecule has 0 aliphatic rings. The lowest BCUT2D eigenvalue weighted by atomic mass is 9.95. The van der Waals surface area contributed by atoms with E-state index >= 15 is 0 Å². The Kier molecular flexibility index (Phi) is 22.5. The second kappa shape index (κ2) is 23.1. The summed E-state index contributed by atoms with van der Waals surface area (Å²) in [4.78, 5) is 9.37. The Balaban J connectivity index is 0.000000275. The molecule has 24 heteroatoms. The molecule has 0 unspecified atom stereocenters. The molecule has 39 heavy (non-hydrogen) atoms. The Morgan fingerprint density at radius 2 is 1.05 bits per heavy atom. The first-order valence-electron chi connectivity index (χ1n) is 9.55. The van der Waals surface area contributed by atoms with Gasteiger partial charge in [0.25, 0.3) is 0 Å². The Bertz CT molecular complexity index is 2100.